The Morgan fingerprint density at radius 1 is 1.13 bits per heavy atom. The van der Waals surface area contributed by atoms with Gasteiger partial charge in [0.25, 0.3) is 0 Å². The van der Waals surface area contributed by atoms with Crippen molar-refractivity contribution in [3.63, 3.8) is 0 Å². The molecule has 0 unspecified atom stereocenters. The molecule has 0 saturated heterocycles. The third-order valence-corrected chi connectivity index (χ3v) is 4.34. The van der Waals surface area contributed by atoms with Crippen LogP contribution in [-0.2, 0) is 4.74 Å². The Bertz CT molecular complexity index is 1120. The van der Waals surface area contributed by atoms with Crippen LogP contribution in [0.2, 0.25) is 0 Å². The third kappa shape index (κ3) is 4.53. The number of fused-ring (bicyclic) bond motifs is 1. The normalized spacial score (nSPS) is 10.9. The average molecular weight is 411 g/mol. The van der Waals surface area contributed by atoms with Crippen molar-refractivity contribution in [3.8, 4) is 17.2 Å². The lowest BCUT2D eigenvalue weighted by atomic mass is 10.2. The Balaban J connectivity index is 2.06. The molecular weight excluding hydrogens is 386 g/mol. The lowest BCUT2D eigenvalue weighted by Crippen LogP contribution is -2.15. The van der Waals surface area contributed by atoms with Crippen LogP contribution in [0.5, 0.6) is 11.5 Å². The molecule has 0 atom stereocenters. The minimum Gasteiger partial charge on any atom is -0.493 e. The van der Waals surface area contributed by atoms with Gasteiger partial charge in [-0.05, 0) is 30.2 Å². The van der Waals surface area contributed by atoms with Crippen LogP contribution >= 0.6 is 0 Å². The monoisotopic (exact) mass is 411 g/mol. The number of benzene rings is 1. The second-order valence-corrected chi connectivity index (χ2v) is 7.38. The number of carbonyl (C=O) groups is 1. The van der Waals surface area contributed by atoms with Gasteiger partial charge in [-0.15, -0.1) is 0 Å². The average Bonchev–Trinajstić information content (AvgIpc) is 2.72. The number of hydrogen-bond acceptors (Lipinski definition) is 7. The maximum Gasteiger partial charge on any atom is 0.513 e. The summed E-state index contributed by atoms with van der Waals surface area (Å²) in [5.74, 6) is 1.49. The van der Waals surface area contributed by atoms with Crippen LogP contribution in [0.3, 0.4) is 0 Å². The summed E-state index contributed by atoms with van der Waals surface area (Å²) in [4.78, 5) is 30.8. The van der Waals surface area contributed by atoms with Gasteiger partial charge in [-0.3, -0.25) is 4.79 Å². The summed E-state index contributed by atoms with van der Waals surface area (Å²) in [6, 6.07) is 10.1. The third-order valence-electron chi connectivity index (χ3n) is 4.34. The number of rotatable bonds is 6. The van der Waals surface area contributed by atoms with E-state index < -0.39 is 6.16 Å². The molecule has 8 heteroatoms. The van der Waals surface area contributed by atoms with Gasteiger partial charge in [-0.2, -0.15) is 0 Å². The first-order valence-electron chi connectivity index (χ1n) is 9.53. The molecule has 0 amide bonds. The van der Waals surface area contributed by atoms with E-state index >= 15 is 0 Å². The lowest BCUT2D eigenvalue weighted by molar-refractivity contribution is 0.0875. The number of pyridine rings is 2. The highest BCUT2D eigenvalue weighted by atomic mass is 16.7. The maximum absolute atomic E-state index is 12.3. The van der Waals surface area contributed by atoms with Gasteiger partial charge in [-0.25, -0.2) is 9.78 Å². The fourth-order valence-electron chi connectivity index (χ4n) is 2.82. The van der Waals surface area contributed by atoms with Gasteiger partial charge in [0.15, 0.2) is 22.6 Å². The van der Waals surface area contributed by atoms with Gasteiger partial charge in [0.1, 0.15) is 5.82 Å². The highest BCUT2D eigenvalue weighted by molar-refractivity contribution is 5.79. The summed E-state index contributed by atoms with van der Waals surface area (Å²) < 4.78 is 17.5. The fourth-order valence-corrected chi connectivity index (χ4v) is 2.82. The first-order chi connectivity index (χ1) is 14.3. The van der Waals surface area contributed by atoms with Crippen molar-refractivity contribution < 1.29 is 19.0 Å². The fraction of sp³-hybridized carbons (Fsp3) is 0.318. The molecule has 1 aromatic carbocycles. The van der Waals surface area contributed by atoms with Crippen LogP contribution in [0, 0.1) is 5.92 Å². The van der Waals surface area contributed by atoms with Crippen LogP contribution in [0.1, 0.15) is 13.8 Å². The van der Waals surface area contributed by atoms with Crippen LogP contribution < -0.4 is 19.8 Å². The molecule has 2 aromatic heterocycles. The van der Waals surface area contributed by atoms with E-state index in [1.165, 1.54) is 13.2 Å². The van der Waals surface area contributed by atoms with Gasteiger partial charge in [-0.1, -0.05) is 13.8 Å². The number of carbonyl (C=O) groups excluding carboxylic acids is 1. The van der Waals surface area contributed by atoms with E-state index in [2.05, 4.69) is 4.98 Å². The van der Waals surface area contributed by atoms with Crippen molar-refractivity contribution in [1.29, 1.82) is 0 Å². The molecule has 0 spiro atoms. The van der Waals surface area contributed by atoms with Gasteiger partial charge in [0.2, 0.25) is 0 Å². The van der Waals surface area contributed by atoms with Gasteiger partial charge >= 0.3 is 6.16 Å². The first kappa shape index (κ1) is 21.2. The zero-order valence-corrected chi connectivity index (χ0v) is 17.7. The topological polar surface area (TPSA) is 82.9 Å². The molecule has 0 aliphatic carbocycles. The molecular formula is C22H25N3O5. The summed E-state index contributed by atoms with van der Waals surface area (Å²) in [7, 11) is 5.24. The van der Waals surface area contributed by atoms with E-state index in [1.807, 2.05) is 32.8 Å². The molecule has 3 rings (SSSR count). The van der Waals surface area contributed by atoms with Crippen molar-refractivity contribution in [1.82, 2.24) is 9.55 Å². The van der Waals surface area contributed by atoms with Crippen molar-refractivity contribution in [2.75, 3.05) is 32.7 Å². The second kappa shape index (κ2) is 8.86. The highest BCUT2D eigenvalue weighted by Crippen LogP contribution is 2.31. The highest BCUT2D eigenvalue weighted by Gasteiger charge is 2.15. The largest absolute Gasteiger partial charge is 0.513 e. The molecule has 30 heavy (non-hydrogen) atoms. The molecule has 0 aliphatic rings. The van der Waals surface area contributed by atoms with E-state index in [9.17, 15) is 9.59 Å². The molecule has 0 bridgehead atoms. The van der Waals surface area contributed by atoms with Gasteiger partial charge in [0, 0.05) is 32.4 Å². The summed E-state index contributed by atoms with van der Waals surface area (Å²) in [5, 5.41) is 0.484. The number of anilines is 1. The van der Waals surface area contributed by atoms with Gasteiger partial charge in [0.05, 0.1) is 24.8 Å². The van der Waals surface area contributed by atoms with E-state index in [4.69, 9.17) is 14.2 Å². The Morgan fingerprint density at radius 3 is 2.57 bits per heavy atom. The predicted molar refractivity (Wildman–Crippen MR) is 115 cm³/mol. The lowest BCUT2D eigenvalue weighted by Gasteiger charge is -2.16. The number of nitrogens with zero attached hydrogens (tertiary/aromatic N) is 3. The maximum atomic E-state index is 12.3. The number of aromatic nitrogens is 2. The Kier molecular flexibility index (Phi) is 6.25. The van der Waals surface area contributed by atoms with Crippen LogP contribution in [0.4, 0.5) is 10.6 Å². The minimum absolute atomic E-state index is 0.124. The number of hydrogen-bond donors (Lipinski definition) is 0. The molecule has 158 valence electrons. The molecule has 0 radical (unpaired) electrons. The Morgan fingerprint density at radius 2 is 1.90 bits per heavy atom. The summed E-state index contributed by atoms with van der Waals surface area (Å²) in [6.07, 6.45) is 0.830. The molecule has 0 aliphatic heterocycles. The number of methoxy groups -OCH3 is 1. The molecule has 3 aromatic rings. The quantitative estimate of drug-likeness (QED) is 0.452. The smallest absolute Gasteiger partial charge is 0.493 e. The minimum atomic E-state index is -0.808. The molecule has 0 N–H and O–H groups in total. The Labute approximate surface area is 174 Å². The SMILES string of the molecule is COc1ccc(-n2ccc(=O)c3ccc(N(C)C)nc32)cc1OC(=O)OCC(C)C. The van der Waals surface area contributed by atoms with E-state index in [0.717, 1.165) is 0 Å². The summed E-state index contributed by atoms with van der Waals surface area (Å²) >= 11 is 0. The zero-order valence-electron chi connectivity index (χ0n) is 17.7. The van der Waals surface area contributed by atoms with Crippen LogP contribution in [-0.4, -0.2) is 43.5 Å². The second-order valence-electron chi connectivity index (χ2n) is 7.38. The molecule has 2 heterocycles. The van der Waals surface area contributed by atoms with Crippen molar-refractivity contribution >= 4 is 23.0 Å². The predicted octanol–water partition coefficient (Wildman–Crippen LogP) is 3.63. The standard InChI is InChI=1S/C22H25N3O5/c1-14(2)13-29-22(27)30-19-12-15(6-8-18(19)28-5)25-11-10-17(26)16-7-9-20(24(3)4)23-21(16)25/h6-12,14H,13H2,1-5H3. The molecule has 0 fully saturated rings. The summed E-state index contributed by atoms with van der Waals surface area (Å²) in [5.41, 5.74) is 1.02. The first-order valence-corrected chi connectivity index (χ1v) is 9.53. The van der Waals surface area contributed by atoms with Gasteiger partial charge < -0.3 is 23.7 Å². The van der Waals surface area contributed by atoms with E-state index in [0.29, 0.717) is 28.3 Å². The summed E-state index contributed by atoms with van der Waals surface area (Å²) in [6.45, 7) is 4.12. The van der Waals surface area contributed by atoms with Crippen LogP contribution in [0.25, 0.3) is 16.7 Å². The van der Waals surface area contributed by atoms with E-state index in [-0.39, 0.29) is 23.7 Å². The van der Waals surface area contributed by atoms with Crippen molar-refractivity contribution in [2.24, 2.45) is 5.92 Å². The molecule has 8 nitrogen and oxygen atoms in total. The van der Waals surface area contributed by atoms with Crippen molar-refractivity contribution in [3.05, 3.63) is 52.8 Å². The zero-order chi connectivity index (χ0) is 21.8. The number of ether oxygens (including phenoxy) is 3. The van der Waals surface area contributed by atoms with Crippen molar-refractivity contribution in [2.45, 2.75) is 13.8 Å². The Hall–Kier alpha value is -3.55. The van der Waals surface area contributed by atoms with E-state index in [1.54, 1.807) is 41.1 Å². The molecule has 0 saturated carbocycles. The van der Waals surface area contributed by atoms with Crippen LogP contribution in [0.15, 0.2) is 47.4 Å².